The first-order valence-electron chi connectivity index (χ1n) is 11.8. The highest BCUT2D eigenvalue weighted by molar-refractivity contribution is 6.32. The zero-order valence-corrected chi connectivity index (χ0v) is 21.3. The third kappa shape index (κ3) is 5.19. The number of pyridine rings is 1. The van der Waals surface area contributed by atoms with Gasteiger partial charge in [0.15, 0.2) is 0 Å². The van der Waals surface area contributed by atoms with Gasteiger partial charge in [0.1, 0.15) is 28.5 Å². The minimum atomic E-state index is -1.22. The number of ether oxygens (including phenoxy) is 2. The molecular formula is C28H22ClFN4O5. The Morgan fingerprint density at radius 2 is 1.59 bits per heavy atom. The summed E-state index contributed by atoms with van der Waals surface area (Å²) in [5.41, 5.74) is 5.73. The van der Waals surface area contributed by atoms with E-state index in [1.54, 1.807) is 24.3 Å². The number of halogens is 2. The van der Waals surface area contributed by atoms with E-state index in [2.05, 4.69) is 15.6 Å². The quantitative estimate of drug-likeness (QED) is 0.256. The van der Waals surface area contributed by atoms with Gasteiger partial charge in [-0.2, -0.15) is 0 Å². The molecule has 9 nitrogen and oxygen atoms in total. The first-order valence-corrected chi connectivity index (χ1v) is 12.2. The van der Waals surface area contributed by atoms with Crippen LogP contribution in [0.4, 0.5) is 15.8 Å². The minimum Gasteiger partial charge on any atom is -0.496 e. The molecule has 1 aromatic heterocycles. The number of nitrogens with zero attached hydrogens (tertiary/aromatic N) is 1. The summed E-state index contributed by atoms with van der Waals surface area (Å²) in [5.74, 6) is -1.08. The van der Waals surface area contributed by atoms with Crippen LogP contribution in [-0.2, 0) is 9.59 Å². The molecule has 1 aliphatic rings. The maximum Gasteiger partial charge on any atom is 0.252 e. The summed E-state index contributed by atoms with van der Waals surface area (Å²) in [6, 6.07) is 14.7. The van der Waals surface area contributed by atoms with E-state index in [0.717, 1.165) is 0 Å². The number of rotatable bonds is 8. The molecule has 39 heavy (non-hydrogen) atoms. The lowest BCUT2D eigenvalue weighted by molar-refractivity contribution is -0.131. The maximum atomic E-state index is 13.1. The number of anilines is 2. The van der Waals surface area contributed by atoms with E-state index >= 15 is 0 Å². The number of aromatic nitrogens is 1. The number of carbonyl (C=O) groups is 3. The molecule has 1 fully saturated rings. The van der Waals surface area contributed by atoms with E-state index in [1.165, 1.54) is 49.7 Å². The van der Waals surface area contributed by atoms with E-state index in [9.17, 15) is 18.8 Å². The molecule has 0 unspecified atom stereocenters. The molecule has 1 saturated carbocycles. The molecule has 198 valence electrons. The second-order valence-electron chi connectivity index (χ2n) is 8.99. The van der Waals surface area contributed by atoms with Crippen molar-refractivity contribution in [1.29, 1.82) is 0 Å². The van der Waals surface area contributed by atoms with Crippen LogP contribution in [0.5, 0.6) is 17.2 Å². The topological polar surface area (TPSA) is 133 Å². The van der Waals surface area contributed by atoms with Crippen molar-refractivity contribution in [2.24, 2.45) is 11.1 Å². The van der Waals surface area contributed by atoms with E-state index in [4.69, 9.17) is 26.8 Å². The molecule has 0 spiro atoms. The zero-order chi connectivity index (χ0) is 27.7. The van der Waals surface area contributed by atoms with Gasteiger partial charge >= 0.3 is 0 Å². The van der Waals surface area contributed by atoms with E-state index in [1.807, 2.05) is 0 Å². The van der Waals surface area contributed by atoms with Gasteiger partial charge in [-0.15, -0.1) is 0 Å². The number of methoxy groups -OCH3 is 1. The number of benzene rings is 3. The van der Waals surface area contributed by atoms with E-state index in [0.29, 0.717) is 40.9 Å². The summed E-state index contributed by atoms with van der Waals surface area (Å²) < 4.78 is 24.4. The molecule has 1 aliphatic carbocycles. The van der Waals surface area contributed by atoms with Gasteiger partial charge in [-0.3, -0.25) is 19.4 Å². The Morgan fingerprint density at radius 3 is 2.21 bits per heavy atom. The smallest absolute Gasteiger partial charge is 0.252 e. The van der Waals surface area contributed by atoms with Crippen LogP contribution in [0.3, 0.4) is 0 Å². The van der Waals surface area contributed by atoms with E-state index in [-0.39, 0.29) is 22.1 Å². The van der Waals surface area contributed by atoms with Crippen LogP contribution in [-0.4, -0.2) is 29.8 Å². The Morgan fingerprint density at radius 1 is 0.923 bits per heavy atom. The first kappa shape index (κ1) is 25.9. The minimum absolute atomic E-state index is 0.171. The molecule has 1 heterocycles. The molecule has 4 aromatic rings. The summed E-state index contributed by atoms with van der Waals surface area (Å²) in [4.78, 5) is 42.0. The molecule has 0 bridgehead atoms. The molecule has 0 atom stereocenters. The molecule has 0 aliphatic heterocycles. The van der Waals surface area contributed by atoms with Gasteiger partial charge in [0, 0.05) is 29.0 Å². The number of hydrogen-bond donors (Lipinski definition) is 3. The second kappa shape index (κ2) is 10.2. The summed E-state index contributed by atoms with van der Waals surface area (Å²) in [6.07, 6.45) is 2.30. The van der Waals surface area contributed by atoms with Gasteiger partial charge in [0.25, 0.3) is 5.91 Å². The lowest BCUT2D eigenvalue weighted by Crippen LogP contribution is -2.35. The van der Waals surface area contributed by atoms with E-state index < -0.39 is 29.0 Å². The monoisotopic (exact) mass is 548 g/mol. The highest BCUT2D eigenvalue weighted by atomic mass is 35.5. The molecule has 4 N–H and O–H groups in total. The van der Waals surface area contributed by atoms with Crippen molar-refractivity contribution in [3.63, 3.8) is 0 Å². The van der Waals surface area contributed by atoms with Gasteiger partial charge in [0.2, 0.25) is 11.8 Å². The molecule has 3 aromatic carbocycles. The molecule has 11 heteroatoms. The van der Waals surface area contributed by atoms with Crippen molar-refractivity contribution < 1.29 is 28.2 Å². The van der Waals surface area contributed by atoms with Crippen LogP contribution in [0.1, 0.15) is 23.2 Å². The molecule has 3 amide bonds. The van der Waals surface area contributed by atoms with Gasteiger partial charge in [-0.25, -0.2) is 4.39 Å². The fourth-order valence-corrected chi connectivity index (χ4v) is 4.31. The number of nitrogens with two attached hydrogens (primary N) is 1. The lowest BCUT2D eigenvalue weighted by atomic mass is 10.0. The number of hydrogen-bond acceptors (Lipinski definition) is 6. The maximum absolute atomic E-state index is 13.1. The highest BCUT2D eigenvalue weighted by Crippen LogP contribution is 2.48. The average Bonchev–Trinajstić information content (AvgIpc) is 3.73. The van der Waals surface area contributed by atoms with Gasteiger partial charge < -0.3 is 25.8 Å². The van der Waals surface area contributed by atoms with Crippen molar-refractivity contribution in [3.8, 4) is 17.2 Å². The number of amides is 3. The van der Waals surface area contributed by atoms with Gasteiger partial charge in [-0.05, 0) is 67.4 Å². The first-order chi connectivity index (χ1) is 18.7. The van der Waals surface area contributed by atoms with Crippen LogP contribution in [0.2, 0.25) is 5.02 Å². The van der Waals surface area contributed by atoms with Crippen molar-refractivity contribution >= 4 is 51.6 Å². The van der Waals surface area contributed by atoms with Gasteiger partial charge in [-0.1, -0.05) is 11.6 Å². The van der Waals surface area contributed by atoms with Crippen LogP contribution in [0.15, 0.2) is 66.9 Å². The Labute approximate surface area is 227 Å². The SMILES string of the molecule is COc1cc2nccc(Oc3ccc(NC(=O)C4(C(=O)Nc5ccc(F)cc5)CC4)cc3Cl)c2cc1C(N)=O. The molecule has 0 saturated heterocycles. The fourth-order valence-electron chi connectivity index (χ4n) is 4.10. The van der Waals surface area contributed by atoms with Crippen LogP contribution < -0.4 is 25.8 Å². The summed E-state index contributed by atoms with van der Waals surface area (Å²) in [6.45, 7) is 0. The van der Waals surface area contributed by atoms with Crippen LogP contribution >= 0.6 is 11.6 Å². The summed E-state index contributed by atoms with van der Waals surface area (Å²) in [7, 11) is 1.43. The fraction of sp³-hybridized carbons (Fsp3) is 0.143. The molecule has 0 radical (unpaired) electrons. The molecule has 5 rings (SSSR count). The van der Waals surface area contributed by atoms with Crippen molar-refractivity contribution in [2.45, 2.75) is 12.8 Å². The Balaban J connectivity index is 1.32. The lowest BCUT2D eigenvalue weighted by Gasteiger charge is -2.16. The number of primary amides is 1. The van der Waals surface area contributed by atoms with Crippen LogP contribution in [0, 0.1) is 11.2 Å². The van der Waals surface area contributed by atoms with Crippen molar-refractivity contribution in [1.82, 2.24) is 4.98 Å². The number of nitrogens with one attached hydrogen (secondary N) is 2. The standard InChI is InChI=1S/C28H22ClFN4O5/c1-38-24-14-21-18(13-19(24)25(31)35)22(8-11-32-21)39-23-7-6-17(12-20(23)29)34-27(37)28(9-10-28)26(36)33-16-4-2-15(30)3-5-16/h2-8,11-14H,9-10H2,1H3,(H2,31,35)(H,33,36)(H,34,37). The Kier molecular flexibility index (Phi) is 6.80. The molecular weight excluding hydrogens is 527 g/mol. The average molecular weight is 549 g/mol. The summed E-state index contributed by atoms with van der Waals surface area (Å²) >= 11 is 6.46. The predicted octanol–water partition coefficient (Wildman–Crippen LogP) is 5.28. The zero-order valence-electron chi connectivity index (χ0n) is 20.6. The number of carbonyl (C=O) groups excluding carboxylic acids is 3. The summed E-state index contributed by atoms with van der Waals surface area (Å²) in [5, 5.41) is 6.12. The predicted molar refractivity (Wildman–Crippen MR) is 144 cm³/mol. The van der Waals surface area contributed by atoms with Crippen molar-refractivity contribution in [2.75, 3.05) is 17.7 Å². The highest BCUT2D eigenvalue weighted by Gasteiger charge is 2.56. The number of fused-ring (bicyclic) bond motifs is 1. The van der Waals surface area contributed by atoms with Crippen LogP contribution in [0.25, 0.3) is 10.9 Å². The Bertz CT molecular complexity index is 1620. The Hall–Kier alpha value is -4.70. The normalized spacial score (nSPS) is 13.4. The second-order valence-corrected chi connectivity index (χ2v) is 9.39. The van der Waals surface area contributed by atoms with Gasteiger partial charge in [0.05, 0.1) is 23.2 Å². The largest absolute Gasteiger partial charge is 0.496 e. The van der Waals surface area contributed by atoms with Crippen molar-refractivity contribution in [3.05, 3.63) is 83.3 Å². The third-order valence-corrected chi connectivity index (χ3v) is 6.71. The third-order valence-electron chi connectivity index (χ3n) is 6.42.